The molecule has 107 heavy (non-hydrogen) atoms. The van der Waals surface area contributed by atoms with Crippen LogP contribution in [0.2, 0.25) is 0 Å². The Hall–Kier alpha value is -3.29. The molecule has 17 unspecified atom stereocenters. The van der Waals surface area contributed by atoms with Crippen LogP contribution in [-0.4, -0.2) is 193 Å². The first-order valence-electron chi connectivity index (χ1n) is 43.0. The Morgan fingerprint density at radius 3 is 1.05 bits per heavy atom. The molecule has 3 rings (SSSR count). The molecule has 0 aromatic heterocycles. The molecule has 3 heterocycles. The molecule has 0 saturated carbocycles. The fourth-order valence-electron chi connectivity index (χ4n) is 14.0. The summed E-state index contributed by atoms with van der Waals surface area (Å²) in [5, 5.41) is 121. The Bertz CT molecular complexity index is 2310. The standard InChI is InChI=1S/C88H155NO18/c1-3-5-7-9-11-13-15-17-19-21-23-25-26-27-28-29-30-31-32-33-34-35-36-37-38-39-40-41-42-43-44-46-48-50-52-54-56-58-60-62-64-66-76(94)89-71(72(93)65-63-61-59-57-55-53-51-49-47-45-24-22-20-18-16-14-12-10-8-6-4-2)70-102-86-82(100)79(97)84(74(68-91)104-86)107-88-83(101)80(98)85(75(69-92)105-88)106-87-81(99)78(96)77(95)73(67-90)103-87/h5,7,11,13,17,19,23,25,27-28,30-31,55,57,63,65,71-75,77-88,90-93,95-101H,3-4,6,8-10,12,14-16,18,20-22,24,26,29,32-54,56,58-62,64,66-70H2,1-2H3,(H,89,94)/b7-5-,13-11-,19-17-,25-23-,28-27-,31-30-,57-55+,65-63+. The van der Waals surface area contributed by atoms with Crippen molar-refractivity contribution in [2.75, 3.05) is 26.4 Å². The van der Waals surface area contributed by atoms with Crippen LogP contribution in [0.15, 0.2) is 97.2 Å². The smallest absolute Gasteiger partial charge is 0.220 e. The van der Waals surface area contributed by atoms with Gasteiger partial charge in [0.1, 0.15) is 73.2 Å². The molecule has 0 radical (unpaired) electrons. The molecule has 620 valence electrons. The first-order chi connectivity index (χ1) is 52.3. The van der Waals surface area contributed by atoms with Crippen LogP contribution in [0.4, 0.5) is 0 Å². The third kappa shape index (κ3) is 46.5. The number of rotatable bonds is 68. The Morgan fingerprint density at radius 2 is 0.654 bits per heavy atom. The van der Waals surface area contributed by atoms with E-state index >= 15 is 0 Å². The SMILES string of the molecule is CC/C=C\C/C=C\C/C=C\C/C=C\C/C=C\C/C=C\CCCCCCCCCCCCCCCCCCCCCCCCC(=O)NC(COC1OC(CO)C(OC2OC(CO)C(OC3OC(CO)C(O)C(O)C3O)C(O)C2O)C(O)C1O)C(O)/C=C/CC/C=C/CCCCCCCCCCCCCCCCC. The van der Waals surface area contributed by atoms with Crippen molar-refractivity contribution in [1.29, 1.82) is 0 Å². The van der Waals surface area contributed by atoms with E-state index in [0.717, 1.165) is 77.0 Å². The van der Waals surface area contributed by atoms with Crippen LogP contribution in [0.5, 0.6) is 0 Å². The van der Waals surface area contributed by atoms with E-state index in [2.05, 4.69) is 104 Å². The van der Waals surface area contributed by atoms with Crippen LogP contribution in [-0.2, 0) is 33.2 Å². The first-order valence-corrected chi connectivity index (χ1v) is 43.0. The summed E-state index contributed by atoms with van der Waals surface area (Å²) in [5.41, 5.74) is 0. The normalized spacial score (nSPS) is 26.0. The van der Waals surface area contributed by atoms with Gasteiger partial charge in [0.15, 0.2) is 18.9 Å². The van der Waals surface area contributed by atoms with Gasteiger partial charge in [0, 0.05) is 6.42 Å². The maximum absolute atomic E-state index is 13.5. The molecule has 3 aliphatic rings. The first kappa shape index (κ1) is 97.9. The second kappa shape index (κ2) is 67.2. The van der Waals surface area contributed by atoms with Crippen LogP contribution >= 0.6 is 0 Å². The Morgan fingerprint density at radius 1 is 0.346 bits per heavy atom. The molecule has 0 spiro atoms. The lowest BCUT2D eigenvalue weighted by Gasteiger charge is -2.48. The van der Waals surface area contributed by atoms with E-state index in [0.29, 0.717) is 12.8 Å². The number of unbranched alkanes of at least 4 members (excludes halogenated alkanes) is 38. The van der Waals surface area contributed by atoms with Crippen LogP contribution in [0.1, 0.15) is 322 Å². The Labute approximate surface area is 647 Å². The van der Waals surface area contributed by atoms with Crippen molar-refractivity contribution in [3.8, 4) is 0 Å². The molecule has 0 aromatic rings. The van der Waals surface area contributed by atoms with Crippen molar-refractivity contribution in [3.05, 3.63) is 97.2 Å². The summed E-state index contributed by atoms with van der Waals surface area (Å²) in [4.78, 5) is 13.5. The summed E-state index contributed by atoms with van der Waals surface area (Å²) < 4.78 is 34.5. The highest BCUT2D eigenvalue weighted by molar-refractivity contribution is 5.76. The lowest BCUT2D eigenvalue weighted by atomic mass is 9.96. The van der Waals surface area contributed by atoms with Gasteiger partial charge in [0.2, 0.25) is 5.91 Å². The minimum absolute atomic E-state index is 0.235. The zero-order chi connectivity index (χ0) is 77.4. The largest absolute Gasteiger partial charge is 0.394 e. The highest BCUT2D eigenvalue weighted by Crippen LogP contribution is 2.33. The predicted molar refractivity (Wildman–Crippen MR) is 429 cm³/mol. The number of ether oxygens (including phenoxy) is 6. The summed E-state index contributed by atoms with van der Waals surface area (Å²) in [6.07, 6.45) is 65.6. The van der Waals surface area contributed by atoms with E-state index < -0.39 is 124 Å². The number of aliphatic hydroxyl groups is 11. The van der Waals surface area contributed by atoms with Gasteiger partial charge < -0.3 is 89.9 Å². The molecule has 19 nitrogen and oxygen atoms in total. The van der Waals surface area contributed by atoms with Crippen molar-refractivity contribution in [2.24, 2.45) is 0 Å². The summed E-state index contributed by atoms with van der Waals surface area (Å²) in [7, 11) is 0. The zero-order valence-electron chi connectivity index (χ0n) is 66.6. The number of aliphatic hydroxyl groups excluding tert-OH is 11. The van der Waals surface area contributed by atoms with E-state index in [9.17, 15) is 61.0 Å². The van der Waals surface area contributed by atoms with Crippen molar-refractivity contribution < 1.29 is 89.4 Å². The molecular formula is C88H155NO18. The van der Waals surface area contributed by atoms with Gasteiger partial charge in [-0.15, -0.1) is 0 Å². The monoisotopic (exact) mass is 1510 g/mol. The van der Waals surface area contributed by atoms with Crippen molar-refractivity contribution in [3.63, 3.8) is 0 Å². The summed E-state index contributed by atoms with van der Waals surface area (Å²) in [6, 6.07) is -0.994. The van der Waals surface area contributed by atoms with Crippen LogP contribution < -0.4 is 5.32 Å². The van der Waals surface area contributed by atoms with Gasteiger partial charge in [-0.05, 0) is 83.5 Å². The maximum atomic E-state index is 13.5. The van der Waals surface area contributed by atoms with Gasteiger partial charge in [0.05, 0.1) is 38.6 Å². The van der Waals surface area contributed by atoms with Crippen LogP contribution in [0, 0.1) is 0 Å². The molecule has 3 saturated heterocycles. The Kier molecular flexibility index (Phi) is 61.5. The second-order valence-corrected chi connectivity index (χ2v) is 30.3. The highest BCUT2D eigenvalue weighted by atomic mass is 16.8. The molecule has 12 N–H and O–H groups in total. The summed E-state index contributed by atoms with van der Waals surface area (Å²) in [5.74, 6) is -0.282. The molecular weight excluding hydrogens is 1360 g/mol. The van der Waals surface area contributed by atoms with E-state index in [1.807, 2.05) is 6.08 Å². The quantitative estimate of drug-likeness (QED) is 0.0199. The van der Waals surface area contributed by atoms with Gasteiger partial charge in [-0.3, -0.25) is 4.79 Å². The second-order valence-electron chi connectivity index (χ2n) is 30.3. The average Bonchev–Trinajstić information content (AvgIpc) is 0.782. The van der Waals surface area contributed by atoms with Crippen LogP contribution in [0.3, 0.4) is 0 Å². The van der Waals surface area contributed by atoms with Gasteiger partial charge in [-0.2, -0.15) is 0 Å². The number of amides is 1. The zero-order valence-corrected chi connectivity index (χ0v) is 66.6. The third-order valence-electron chi connectivity index (χ3n) is 20.9. The predicted octanol–water partition coefficient (Wildman–Crippen LogP) is 15.5. The number of hydrogen-bond acceptors (Lipinski definition) is 18. The van der Waals surface area contributed by atoms with Gasteiger partial charge >= 0.3 is 0 Å². The molecule has 0 aromatic carbocycles. The molecule has 1 amide bonds. The lowest BCUT2D eigenvalue weighted by molar-refractivity contribution is -0.379. The molecule has 3 aliphatic heterocycles. The van der Waals surface area contributed by atoms with Gasteiger partial charge in [-0.25, -0.2) is 0 Å². The highest BCUT2D eigenvalue weighted by Gasteiger charge is 2.54. The number of carbonyl (C=O) groups is 1. The summed E-state index contributed by atoms with van der Waals surface area (Å²) in [6.45, 7) is 1.63. The van der Waals surface area contributed by atoms with Crippen molar-refractivity contribution in [2.45, 2.75) is 426 Å². The van der Waals surface area contributed by atoms with Crippen molar-refractivity contribution in [1.82, 2.24) is 5.32 Å². The average molecular weight is 1520 g/mol. The summed E-state index contributed by atoms with van der Waals surface area (Å²) >= 11 is 0. The van der Waals surface area contributed by atoms with E-state index in [4.69, 9.17) is 28.4 Å². The molecule has 17 atom stereocenters. The van der Waals surface area contributed by atoms with Crippen LogP contribution in [0.25, 0.3) is 0 Å². The van der Waals surface area contributed by atoms with Gasteiger partial charge in [0.25, 0.3) is 0 Å². The van der Waals surface area contributed by atoms with E-state index in [-0.39, 0.29) is 18.9 Å². The fraction of sp³-hybridized carbons (Fsp3) is 0.807. The number of allylic oxidation sites excluding steroid dienone is 15. The van der Waals surface area contributed by atoms with Crippen molar-refractivity contribution >= 4 is 5.91 Å². The topological polar surface area (TPSA) is 307 Å². The minimum atomic E-state index is -1.98. The van der Waals surface area contributed by atoms with E-state index in [1.54, 1.807) is 6.08 Å². The van der Waals surface area contributed by atoms with Gasteiger partial charge in [-0.1, -0.05) is 329 Å². The Balaban J connectivity index is 1.31. The number of hydrogen-bond donors (Lipinski definition) is 12. The number of nitrogens with one attached hydrogen (secondary N) is 1. The van der Waals surface area contributed by atoms with E-state index in [1.165, 1.54) is 212 Å². The molecule has 19 heteroatoms. The fourth-order valence-corrected chi connectivity index (χ4v) is 14.0. The number of carbonyl (C=O) groups excluding carboxylic acids is 1. The molecule has 0 bridgehead atoms. The lowest BCUT2D eigenvalue weighted by Crippen LogP contribution is -2.66. The molecule has 3 fully saturated rings. The minimum Gasteiger partial charge on any atom is -0.394 e. The molecule has 0 aliphatic carbocycles. The maximum Gasteiger partial charge on any atom is 0.220 e. The third-order valence-corrected chi connectivity index (χ3v) is 20.9.